The Balaban J connectivity index is 1.08. The zero-order chi connectivity index (χ0) is 37.7. The van der Waals surface area contributed by atoms with Crippen LogP contribution >= 0.6 is 0 Å². The number of fused-ring (bicyclic) bond motifs is 3. The fraction of sp³-hybridized carbons (Fsp3) is 0.0192. The second kappa shape index (κ2) is 15.5. The highest BCUT2D eigenvalue weighted by molar-refractivity contribution is 6.22. The smallest absolute Gasteiger partial charge is 0.161 e. The van der Waals surface area contributed by atoms with Crippen molar-refractivity contribution >= 4 is 40.3 Å². The summed E-state index contributed by atoms with van der Waals surface area (Å²) >= 11 is 0. The van der Waals surface area contributed by atoms with Gasteiger partial charge in [-0.3, -0.25) is 4.99 Å². The van der Waals surface area contributed by atoms with Crippen molar-refractivity contribution < 1.29 is 4.42 Å². The van der Waals surface area contributed by atoms with E-state index in [1.54, 1.807) is 0 Å². The summed E-state index contributed by atoms with van der Waals surface area (Å²) in [6.07, 6.45) is 0. The van der Waals surface area contributed by atoms with Crippen molar-refractivity contribution in [2.45, 2.75) is 6.54 Å². The number of amidine groups is 2. The second-order valence-electron chi connectivity index (χ2n) is 13.7. The van der Waals surface area contributed by atoms with Gasteiger partial charge >= 0.3 is 0 Å². The van der Waals surface area contributed by atoms with E-state index in [-0.39, 0.29) is 0 Å². The molecule has 0 atom stereocenters. The minimum absolute atomic E-state index is 0.451. The molecule has 266 valence electrons. The summed E-state index contributed by atoms with van der Waals surface area (Å²) in [4.78, 5) is 14.8. The third-order valence-corrected chi connectivity index (χ3v) is 10.1. The van der Waals surface area contributed by atoms with Crippen LogP contribution in [-0.2, 0) is 6.54 Å². The number of aliphatic imine (C=N–C) groups is 3. The Morgan fingerprint density at radius 3 is 1.46 bits per heavy atom. The van der Waals surface area contributed by atoms with E-state index in [1.807, 2.05) is 36.4 Å². The first-order chi connectivity index (χ1) is 27.7. The Morgan fingerprint density at radius 1 is 0.429 bits per heavy atom. The van der Waals surface area contributed by atoms with Crippen LogP contribution in [-0.4, -0.2) is 18.4 Å². The standard InChI is InChI=1S/C52H37N3O/c1-53-52(47-18-11-19-48-50(47)46-33-32-45(34-49(46)56-48)43-26-24-41(25-27-43)38-14-7-3-8-15-38)55-51(44-30-28-42(29-31-44)39-16-9-4-10-17-39)54-35-36-20-22-40(23-21-36)37-12-5-2-6-13-37/h2-34H,1,35H2/b54-51-,55-52-. The van der Waals surface area contributed by atoms with Crippen molar-refractivity contribution in [3.8, 4) is 44.5 Å². The molecule has 56 heavy (non-hydrogen) atoms. The van der Waals surface area contributed by atoms with E-state index < -0.39 is 0 Å². The van der Waals surface area contributed by atoms with Crippen molar-refractivity contribution in [2.75, 3.05) is 0 Å². The third kappa shape index (κ3) is 7.12. The van der Waals surface area contributed by atoms with Crippen LogP contribution in [0.1, 0.15) is 16.7 Å². The summed E-state index contributed by atoms with van der Waals surface area (Å²) in [5.41, 5.74) is 13.6. The lowest BCUT2D eigenvalue weighted by Gasteiger charge is -2.09. The molecule has 8 aromatic carbocycles. The molecular formula is C52H37N3O. The summed E-state index contributed by atoms with van der Waals surface area (Å²) < 4.78 is 6.49. The summed E-state index contributed by atoms with van der Waals surface area (Å²) in [6, 6.07) is 69.1. The van der Waals surface area contributed by atoms with Gasteiger partial charge in [-0.05, 0) is 75.0 Å². The highest BCUT2D eigenvalue weighted by Crippen LogP contribution is 2.35. The molecule has 9 rings (SSSR count). The zero-order valence-corrected chi connectivity index (χ0v) is 30.7. The minimum Gasteiger partial charge on any atom is -0.456 e. The largest absolute Gasteiger partial charge is 0.456 e. The molecule has 0 aliphatic rings. The van der Waals surface area contributed by atoms with Crippen LogP contribution in [0.3, 0.4) is 0 Å². The van der Waals surface area contributed by atoms with Crippen LogP contribution in [0.15, 0.2) is 220 Å². The van der Waals surface area contributed by atoms with Crippen LogP contribution in [0.5, 0.6) is 0 Å². The van der Waals surface area contributed by atoms with E-state index in [0.717, 1.165) is 60.9 Å². The van der Waals surface area contributed by atoms with Gasteiger partial charge in [-0.1, -0.05) is 182 Å². The SMILES string of the molecule is C=N/C(=N\C(=N/Cc1ccc(-c2ccccc2)cc1)c1ccc(-c2ccccc2)cc1)c1cccc2oc3cc(-c4ccc(-c5ccccc5)cc4)ccc3c12. The van der Waals surface area contributed by atoms with Crippen molar-refractivity contribution in [3.05, 3.63) is 217 Å². The molecule has 0 aliphatic heterocycles. The molecule has 0 saturated heterocycles. The highest BCUT2D eigenvalue weighted by atomic mass is 16.3. The lowest BCUT2D eigenvalue weighted by atomic mass is 9.99. The van der Waals surface area contributed by atoms with E-state index in [0.29, 0.717) is 18.2 Å². The van der Waals surface area contributed by atoms with Gasteiger partial charge in [0.15, 0.2) is 11.7 Å². The van der Waals surface area contributed by atoms with Crippen LogP contribution in [0.25, 0.3) is 66.4 Å². The molecule has 4 heteroatoms. The molecule has 0 fully saturated rings. The maximum absolute atomic E-state index is 6.49. The van der Waals surface area contributed by atoms with Gasteiger partial charge in [0.25, 0.3) is 0 Å². The first-order valence-electron chi connectivity index (χ1n) is 18.7. The van der Waals surface area contributed by atoms with Crippen molar-refractivity contribution in [1.29, 1.82) is 0 Å². The molecule has 0 bridgehead atoms. The van der Waals surface area contributed by atoms with Gasteiger partial charge < -0.3 is 4.42 Å². The van der Waals surface area contributed by atoms with E-state index in [2.05, 4.69) is 176 Å². The van der Waals surface area contributed by atoms with E-state index >= 15 is 0 Å². The molecule has 0 N–H and O–H groups in total. The van der Waals surface area contributed by atoms with Gasteiger partial charge in [0.2, 0.25) is 0 Å². The Hall–Kier alpha value is -7.43. The number of hydrogen-bond acceptors (Lipinski definition) is 2. The molecule has 0 saturated carbocycles. The molecule has 0 aliphatic carbocycles. The first kappa shape index (κ1) is 34.3. The number of furan rings is 1. The molecule has 0 spiro atoms. The van der Waals surface area contributed by atoms with Crippen LogP contribution < -0.4 is 0 Å². The molecule has 9 aromatic rings. The van der Waals surface area contributed by atoms with Crippen LogP contribution in [0.2, 0.25) is 0 Å². The van der Waals surface area contributed by atoms with Gasteiger partial charge in [0.05, 0.1) is 6.54 Å². The maximum Gasteiger partial charge on any atom is 0.161 e. The Labute approximate surface area is 326 Å². The zero-order valence-electron chi connectivity index (χ0n) is 30.7. The monoisotopic (exact) mass is 719 g/mol. The van der Waals surface area contributed by atoms with Crippen molar-refractivity contribution in [2.24, 2.45) is 15.0 Å². The summed E-state index contributed by atoms with van der Waals surface area (Å²) in [6.45, 7) is 4.43. The summed E-state index contributed by atoms with van der Waals surface area (Å²) in [5.74, 6) is 1.05. The van der Waals surface area contributed by atoms with Gasteiger partial charge in [-0.2, -0.15) is 0 Å². The fourth-order valence-electron chi connectivity index (χ4n) is 7.19. The first-order valence-corrected chi connectivity index (χ1v) is 18.7. The molecular weight excluding hydrogens is 683 g/mol. The predicted molar refractivity (Wildman–Crippen MR) is 235 cm³/mol. The maximum atomic E-state index is 6.49. The van der Waals surface area contributed by atoms with Gasteiger partial charge in [0, 0.05) is 21.9 Å². The topological polar surface area (TPSA) is 50.2 Å². The normalized spacial score (nSPS) is 11.9. The summed E-state index contributed by atoms with van der Waals surface area (Å²) in [5, 5.41) is 1.93. The Kier molecular flexibility index (Phi) is 9.51. The number of rotatable bonds is 8. The van der Waals surface area contributed by atoms with Gasteiger partial charge in [-0.25, -0.2) is 9.98 Å². The number of nitrogens with zero attached hydrogens (tertiary/aromatic N) is 3. The van der Waals surface area contributed by atoms with E-state index in [9.17, 15) is 0 Å². The average Bonchev–Trinajstić information content (AvgIpc) is 3.66. The van der Waals surface area contributed by atoms with Crippen molar-refractivity contribution in [1.82, 2.24) is 0 Å². The molecule has 1 heterocycles. The van der Waals surface area contributed by atoms with Crippen molar-refractivity contribution in [3.63, 3.8) is 0 Å². The van der Waals surface area contributed by atoms with Gasteiger partial charge in [-0.15, -0.1) is 0 Å². The third-order valence-electron chi connectivity index (χ3n) is 10.1. The lowest BCUT2D eigenvalue weighted by molar-refractivity contribution is 0.669. The molecule has 1 aromatic heterocycles. The molecule has 0 amide bonds. The second-order valence-corrected chi connectivity index (χ2v) is 13.7. The molecule has 4 nitrogen and oxygen atoms in total. The fourth-order valence-corrected chi connectivity index (χ4v) is 7.19. The number of hydrogen-bond donors (Lipinski definition) is 0. The average molecular weight is 720 g/mol. The Bertz CT molecular complexity index is 2840. The van der Waals surface area contributed by atoms with Gasteiger partial charge in [0.1, 0.15) is 11.2 Å². The highest BCUT2D eigenvalue weighted by Gasteiger charge is 2.17. The summed E-state index contributed by atoms with van der Waals surface area (Å²) in [7, 11) is 0. The number of benzene rings is 8. The quantitative estimate of drug-likeness (QED) is 0.114. The molecule has 0 unspecified atom stereocenters. The Morgan fingerprint density at radius 2 is 0.911 bits per heavy atom. The van der Waals surface area contributed by atoms with Crippen LogP contribution in [0.4, 0.5) is 0 Å². The predicted octanol–water partition coefficient (Wildman–Crippen LogP) is 13.3. The van der Waals surface area contributed by atoms with Crippen LogP contribution in [0, 0.1) is 0 Å². The minimum atomic E-state index is 0.451. The van der Waals surface area contributed by atoms with E-state index in [1.165, 1.54) is 22.3 Å². The van der Waals surface area contributed by atoms with E-state index in [4.69, 9.17) is 14.4 Å². The lowest BCUT2D eigenvalue weighted by Crippen LogP contribution is -2.06. The molecule has 0 radical (unpaired) electrons.